The number of hydrogen-bond acceptors (Lipinski definition) is 4. The number of aromatic nitrogens is 3. The monoisotopic (exact) mass is 405 g/mol. The minimum atomic E-state index is -0.164. The van der Waals surface area contributed by atoms with E-state index >= 15 is 0 Å². The molecule has 1 amide bonds. The summed E-state index contributed by atoms with van der Waals surface area (Å²) in [5, 5.41) is 3.82. The molecule has 0 saturated carbocycles. The standard InChI is InChI=1S/C23H27N5O2/c1-2-30-18-5-6-20-19(16-18)25-23(21-4-3-11-28(20)21)8-13-27(14-9-23)22(29)7-12-26-15-10-24-17-26/h3-6,10-11,15-17,25H,2,7-9,12-14H2,1H3. The van der Waals surface area contributed by atoms with Crippen LogP contribution >= 0.6 is 0 Å². The number of imidazole rings is 1. The van der Waals surface area contributed by atoms with Crippen molar-refractivity contribution < 1.29 is 9.53 Å². The van der Waals surface area contributed by atoms with Crippen molar-refractivity contribution in [1.82, 2.24) is 19.0 Å². The van der Waals surface area contributed by atoms with E-state index in [0.29, 0.717) is 19.6 Å². The fourth-order valence-electron chi connectivity index (χ4n) is 4.71. The molecule has 7 nitrogen and oxygen atoms in total. The predicted molar refractivity (Wildman–Crippen MR) is 115 cm³/mol. The van der Waals surface area contributed by atoms with Gasteiger partial charge in [-0.15, -0.1) is 0 Å². The fraction of sp³-hybridized carbons (Fsp3) is 0.391. The highest BCUT2D eigenvalue weighted by Crippen LogP contribution is 2.44. The maximum absolute atomic E-state index is 12.7. The zero-order chi connectivity index (χ0) is 20.6. The van der Waals surface area contributed by atoms with Crippen LogP contribution in [0.2, 0.25) is 0 Å². The number of amides is 1. The van der Waals surface area contributed by atoms with Gasteiger partial charge >= 0.3 is 0 Å². The second-order valence-electron chi connectivity index (χ2n) is 8.01. The highest BCUT2D eigenvalue weighted by Gasteiger charge is 2.42. The van der Waals surface area contributed by atoms with Crippen molar-refractivity contribution in [2.45, 2.75) is 38.3 Å². The fourth-order valence-corrected chi connectivity index (χ4v) is 4.71. The van der Waals surface area contributed by atoms with Crippen LogP contribution < -0.4 is 10.1 Å². The maximum atomic E-state index is 12.7. The van der Waals surface area contributed by atoms with Gasteiger partial charge in [-0.3, -0.25) is 4.79 Å². The Balaban J connectivity index is 1.32. The molecule has 0 radical (unpaired) electrons. The number of benzene rings is 1. The van der Waals surface area contributed by atoms with Crippen LogP contribution in [0, 0.1) is 0 Å². The summed E-state index contributed by atoms with van der Waals surface area (Å²) in [5.41, 5.74) is 3.33. The minimum absolute atomic E-state index is 0.164. The van der Waals surface area contributed by atoms with E-state index in [1.54, 1.807) is 12.5 Å². The zero-order valence-electron chi connectivity index (χ0n) is 17.3. The molecule has 156 valence electrons. The Morgan fingerprint density at radius 3 is 2.87 bits per heavy atom. The van der Waals surface area contributed by atoms with E-state index in [2.05, 4.69) is 45.3 Å². The normalized spacial score (nSPS) is 16.6. The van der Waals surface area contributed by atoms with Gasteiger partial charge in [0, 0.05) is 56.4 Å². The molecular formula is C23H27N5O2. The highest BCUT2D eigenvalue weighted by atomic mass is 16.5. The third kappa shape index (κ3) is 3.24. The lowest BCUT2D eigenvalue weighted by molar-refractivity contribution is -0.133. The van der Waals surface area contributed by atoms with Gasteiger partial charge < -0.3 is 24.1 Å². The molecule has 1 spiro atoms. The second-order valence-corrected chi connectivity index (χ2v) is 8.01. The summed E-state index contributed by atoms with van der Waals surface area (Å²) in [4.78, 5) is 18.8. The number of fused-ring (bicyclic) bond motifs is 4. The Morgan fingerprint density at radius 1 is 1.23 bits per heavy atom. The zero-order valence-corrected chi connectivity index (χ0v) is 17.3. The molecule has 30 heavy (non-hydrogen) atoms. The second kappa shape index (κ2) is 7.55. The average molecular weight is 406 g/mol. The largest absolute Gasteiger partial charge is 0.494 e. The van der Waals surface area contributed by atoms with Gasteiger partial charge in [0.15, 0.2) is 0 Å². The van der Waals surface area contributed by atoms with E-state index in [-0.39, 0.29) is 11.4 Å². The van der Waals surface area contributed by atoms with Gasteiger partial charge in [0.05, 0.1) is 29.8 Å². The Kier molecular flexibility index (Phi) is 4.73. The number of carbonyl (C=O) groups excluding carboxylic acids is 1. The molecule has 2 aliphatic heterocycles. The van der Waals surface area contributed by atoms with E-state index in [4.69, 9.17) is 4.74 Å². The number of piperidine rings is 1. The summed E-state index contributed by atoms with van der Waals surface area (Å²) in [6, 6.07) is 10.5. The minimum Gasteiger partial charge on any atom is -0.494 e. The molecule has 0 atom stereocenters. The molecule has 1 fully saturated rings. The number of ether oxygens (including phenoxy) is 1. The van der Waals surface area contributed by atoms with Gasteiger partial charge in [-0.1, -0.05) is 0 Å². The predicted octanol–water partition coefficient (Wildman–Crippen LogP) is 3.41. The number of nitrogens with zero attached hydrogens (tertiary/aromatic N) is 4. The lowest BCUT2D eigenvalue weighted by atomic mass is 9.82. The van der Waals surface area contributed by atoms with Crippen LogP contribution in [0.25, 0.3) is 5.69 Å². The summed E-state index contributed by atoms with van der Waals surface area (Å²) in [7, 11) is 0. The van der Waals surface area contributed by atoms with Gasteiger partial charge in [0.2, 0.25) is 5.91 Å². The van der Waals surface area contributed by atoms with Gasteiger partial charge in [-0.05, 0) is 44.0 Å². The van der Waals surface area contributed by atoms with Crippen LogP contribution in [-0.2, 0) is 16.9 Å². The van der Waals surface area contributed by atoms with Crippen LogP contribution in [0.5, 0.6) is 5.75 Å². The van der Waals surface area contributed by atoms with Crippen molar-refractivity contribution in [2.75, 3.05) is 25.0 Å². The molecular weight excluding hydrogens is 378 g/mol. The van der Waals surface area contributed by atoms with Crippen LogP contribution in [0.3, 0.4) is 0 Å². The van der Waals surface area contributed by atoms with Crippen molar-refractivity contribution >= 4 is 11.6 Å². The molecule has 2 aliphatic rings. The molecule has 1 N–H and O–H groups in total. The summed E-state index contributed by atoms with van der Waals surface area (Å²) >= 11 is 0. The molecule has 3 aromatic rings. The summed E-state index contributed by atoms with van der Waals surface area (Å²) in [5.74, 6) is 1.09. The number of anilines is 1. The molecule has 4 heterocycles. The Morgan fingerprint density at radius 2 is 2.10 bits per heavy atom. The molecule has 1 aromatic carbocycles. The van der Waals surface area contributed by atoms with Gasteiger partial charge in [0.1, 0.15) is 5.75 Å². The maximum Gasteiger partial charge on any atom is 0.224 e. The molecule has 5 rings (SSSR count). The molecule has 1 saturated heterocycles. The molecule has 0 aliphatic carbocycles. The first-order valence-electron chi connectivity index (χ1n) is 10.7. The average Bonchev–Trinajstić information content (AvgIpc) is 3.45. The lowest BCUT2D eigenvalue weighted by Crippen LogP contribution is -2.51. The van der Waals surface area contributed by atoms with Crippen molar-refractivity contribution in [3.63, 3.8) is 0 Å². The quantitative estimate of drug-likeness (QED) is 0.707. The number of aryl methyl sites for hydroxylation is 1. The Hall–Kier alpha value is -3.22. The van der Waals surface area contributed by atoms with Crippen molar-refractivity contribution in [3.05, 3.63) is 60.9 Å². The SMILES string of the molecule is CCOc1ccc2c(c1)NC1(CCN(C(=O)CCn3ccnc3)CC1)c1cccn1-2. The van der Waals surface area contributed by atoms with Crippen LogP contribution in [0.4, 0.5) is 5.69 Å². The molecule has 2 aromatic heterocycles. The third-order valence-corrected chi connectivity index (χ3v) is 6.26. The Bertz CT molecular complexity index is 1030. The number of nitrogens with one attached hydrogen (secondary N) is 1. The number of rotatable bonds is 5. The van der Waals surface area contributed by atoms with Crippen LogP contribution in [0.15, 0.2) is 55.2 Å². The van der Waals surface area contributed by atoms with Crippen LogP contribution in [-0.4, -0.2) is 44.6 Å². The van der Waals surface area contributed by atoms with E-state index in [1.165, 1.54) is 5.69 Å². The van der Waals surface area contributed by atoms with E-state index in [1.807, 2.05) is 28.7 Å². The molecule has 0 bridgehead atoms. The van der Waals surface area contributed by atoms with E-state index in [0.717, 1.165) is 43.1 Å². The number of likely N-dealkylation sites (tertiary alicyclic amines) is 1. The first kappa shape index (κ1) is 18.8. The van der Waals surface area contributed by atoms with Gasteiger partial charge in [0.25, 0.3) is 0 Å². The number of carbonyl (C=O) groups is 1. The van der Waals surface area contributed by atoms with Gasteiger partial charge in [-0.2, -0.15) is 0 Å². The highest BCUT2D eigenvalue weighted by molar-refractivity contribution is 5.76. The van der Waals surface area contributed by atoms with Crippen LogP contribution in [0.1, 0.15) is 31.9 Å². The smallest absolute Gasteiger partial charge is 0.224 e. The molecule has 7 heteroatoms. The van der Waals surface area contributed by atoms with Crippen molar-refractivity contribution in [2.24, 2.45) is 0 Å². The van der Waals surface area contributed by atoms with Crippen molar-refractivity contribution in [1.29, 1.82) is 0 Å². The topological polar surface area (TPSA) is 64.3 Å². The summed E-state index contributed by atoms with van der Waals surface area (Å²) in [6.45, 7) is 4.82. The van der Waals surface area contributed by atoms with E-state index < -0.39 is 0 Å². The third-order valence-electron chi connectivity index (χ3n) is 6.26. The number of hydrogen-bond donors (Lipinski definition) is 1. The summed E-state index contributed by atoms with van der Waals surface area (Å²) < 4.78 is 9.94. The molecule has 0 unspecified atom stereocenters. The van der Waals surface area contributed by atoms with Crippen molar-refractivity contribution in [3.8, 4) is 11.4 Å². The first-order chi connectivity index (χ1) is 14.7. The Labute approximate surface area is 176 Å². The summed E-state index contributed by atoms with van der Waals surface area (Å²) in [6.07, 6.45) is 9.79. The van der Waals surface area contributed by atoms with Gasteiger partial charge in [-0.25, -0.2) is 4.98 Å². The van der Waals surface area contributed by atoms with E-state index in [9.17, 15) is 4.79 Å². The first-order valence-corrected chi connectivity index (χ1v) is 10.7. The lowest BCUT2D eigenvalue weighted by Gasteiger charge is -2.46.